The van der Waals surface area contributed by atoms with Crippen LogP contribution in [0.3, 0.4) is 0 Å². The Morgan fingerprint density at radius 2 is 1.93 bits per heavy atom. The molecular formula is C21H25NO5. The third-order valence-corrected chi connectivity index (χ3v) is 5.01. The Balaban J connectivity index is 1.90. The predicted molar refractivity (Wildman–Crippen MR) is 101 cm³/mol. The van der Waals surface area contributed by atoms with Crippen LogP contribution in [0.5, 0.6) is 11.5 Å². The number of hydrogen-bond donors (Lipinski definition) is 1. The lowest BCUT2D eigenvalue weighted by molar-refractivity contribution is 0.0498. The molecule has 1 aromatic carbocycles. The molecule has 0 unspecified atom stereocenters. The first kappa shape index (κ1) is 19.0. The Morgan fingerprint density at radius 3 is 2.59 bits per heavy atom. The van der Waals surface area contributed by atoms with Gasteiger partial charge in [0.15, 0.2) is 17.3 Å². The number of rotatable bonds is 6. The van der Waals surface area contributed by atoms with Crippen molar-refractivity contribution in [3.05, 3.63) is 46.3 Å². The number of H-pyrrole nitrogens is 1. The van der Waals surface area contributed by atoms with Crippen molar-refractivity contribution >= 4 is 11.8 Å². The lowest BCUT2D eigenvalue weighted by Gasteiger charge is -2.23. The van der Waals surface area contributed by atoms with E-state index in [0.29, 0.717) is 47.8 Å². The van der Waals surface area contributed by atoms with E-state index in [-0.39, 0.29) is 11.7 Å². The number of Topliss-reactive ketones (excluding diaryl/α,β-unsaturated/α-hetero) is 1. The molecule has 27 heavy (non-hydrogen) atoms. The topological polar surface area (TPSA) is 77.6 Å². The zero-order valence-electron chi connectivity index (χ0n) is 16.2. The van der Waals surface area contributed by atoms with E-state index in [2.05, 4.69) is 4.98 Å². The smallest absolute Gasteiger partial charge is 0.355 e. The molecule has 1 N–H and O–H groups in total. The van der Waals surface area contributed by atoms with E-state index in [9.17, 15) is 9.59 Å². The minimum atomic E-state index is -0.404. The molecule has 6 heteroatoms. The third-order valence-electron chi connectivity index (χ3n) is 5.01. The molecule has 0 saturated carbocycles. The van der Waals surface area contributed by atoms with Gasteiger partial charge in [0, 0.05) is 17.7 Å². The second-order valence-corrected chi connectivity index (χ2v) is 6.76. The summed E-state index contributed by atoms with van der Waals surface area (Å²) in [5, 5.41) is 0. The average Bonchev–Trinajstić information content (AvgIpc) is 3.02. The highest BCUT2D eigenvalue weighted by atomic mass is 16.5. The lowest BCUT2D eigenvalue weighted by atomic mass is 9.81. The van der Waals surface area contributed by atoms with Crippen LogP contribution >= 0.6 is 0 Å². The number of benzene rings is 1. The van der Waals surface area contributed by atoms with Crippen LogP contribution in [-0.2, 0) is 11.2 Å². The molecule has 6 nitrogen and oxygen atoms in total. The minimum absolute atomic E-state index is 0.0161. The zero-order chi connectivity index (χ0) is 19.6. The minimum Gasteiger partial charge on any atom is -0.493 e. The first-order valence-electron chi connectivity index (χ1n) is 9.13. The van der Waals surface area contributed by atoms with Crippen molar-refractivity contribution in [3.8, 4) is 11.5 Å². The maximum atomic E-state index is 12.8. The molecule has 0 aliphatic heterocycles. The molecule has 1 atom stereocenters. The Hall–Kier alpha value is -2.76. The van der Waals surface area contributed by atoms with Gasteiger partial charge >= 0.3 is 5.97 Å². The average molecular weight is 371 g/mol. The van der Waals surface area contributed by atoms with Crippen LogP contribution < -0.4 is 9.47 Å². The van der Waals surface area contributed by atoms with E-state index >= 15 is 0 Å². The second-order valence-electron chi connectivity index (χ2n) is 6.76. The quantitative estimate of drug-likeness (QED) is 0.781. The molecule has 1 aromatic heterocycles. The van der Waals surface area contributed by atoms with Crippen LogP contribution in [0.1, 0.15) is 63.4 Å². The highest BCUT2D eigenvalue weighted by Gasteiger charge is 2.32. The van der Waals surface area contributed by atoms with Crippen LogP contribution in [0, 0.1) is 6.92 Å². The van der Waals surface area contributed by atoms with Crippen molar-refractivity contribution in [3.63, 3.8) is 0 Å². The van der Waals surface area contributed by atoms with Crippen molar-refractivity contribution in [1.29, 1.82) is 0 Å². The van der Waals surface area contributed by atoms with Crippen LogP contribution in [0.4, 0.5) is 0 Å². The van der Waals surface area contributed by atoms with E-state index in [1.165, 1.54) is 0 Å². The molecule has 3 rings (SSSR count). The van der Waals surface area contributed by atoms with Gasteiger partial charge in [0.1, 0.15) is 5.69 Å². The molecule has 0 bridgehead atoms. The summed E-state index contributed by atoms with van der Waals surface area (Å²) in [5.74, 6) is 0.946. The molecular weight excluding hydrogens is 346 g/mol. The molecule has 1 aliphatic carbocycles. The summed E-state index contributed by atoms with van der Waals surface area (Å²) in [7, 11) is 3.18. The fourth-order valence-electron chi connectivity index (χ4n) is 3.65. The standard InChI is InChI=1S/C21H25NO5/c1-5-8-27-21(24)20-12(2)19-15(22-20)9-14(10-16(19)23)13-6-7-17(25-3)18(11-13)26-4/h6-7,11,14,22H,5,8-10H2,1-4H3/t14-/m0/s1. The van der Waals surface area contributed by atoms with E-state index in [1.807, 2.05) is 25.1 Å². The Morgan fingerprint density at radius 1 is 1.19 bits per heavy atom. The summed E-state index contributed by atoms with van der Waals surface area (Å²) in [6.45, 7) is 4.10. The predicted octanol–water partition coefficient (Wildman–Crippen LogP) is 3.82. The third kappa shape index (κ3) is 3.56. The van der Waals surface area contributed by atoms with E-state index < -0.39 is 5.97 Å². The number of nitrogens with one attached hydrogen (secondary N) is 1. The fraction of sp³-hybridized carbons (Fsp3) is 0.429. The van der Waals surface area contributed by atoms with E-state index in [0.717, 1.165) is 17.7 Å². The van der Waals surface area contributed by atoms with Crippen molar-refractivity contribution in [1.82, 2.24) is 4.98 Å². The molecule has 2 aromatic rings. The summed E-state index contributed by atoms with van der Waals surface area (Å²) in [5.41, 5.74) is 3.51. The summed E-state index contributed by atoms with van der Waals surface area (Å²) in [6.07, 6.45) is 1.80. The maximum absolute atomic E-state index is 12.8. The molecule has 144 valence electrons. The van der Waals surface area contributed by atoms with Gasteiger partial charge in [-0.3, -0.25) is 4.79 Å². The summed E-state index contributed by atoms with van der Waals surface area (Å²) >= 11 is 0. The Labute approximate surface area is 158 Å². The van der Waals surface area contributed by atoms with Gasteiger partial charge in [-0.1, -0.05) is 13.0 Å². The van der Waals surface area contributed by atoms with Gasteiger partial charge in [-0.2, -0.15) is 0 Å². The first-order valence-corrected chi connectivity index (χ1v) is 9.13. The largest absolute Gasteiger partial charge is 0.493 e. The molecule has 0 fully saturated rings. The normalized spacial score (nSPS) is 16.0. The molecule has 1 heterocycles. The summed E-state index contributed by atoms with van der Waals surface area (Å²) in [4.78, 5) is 28.2. The van der Waals surface area contributed by atoms with E-state index in [4.69, 9.17) is 14.2 Å². The number of ether oxygens (including phenoxy) is 3. The SMILES string of the molecule is CCCOC(=O)c1[nH]c2c(c1C)C(=O)C[C@@H](c1ccc(OC)c(OC)c1)C2. The van der Waals surface area contributed by atoms with E-state index in [1.54, 1.807) is 21.1 Å². The van der Waals surface area contributed by atoms with Gasteiger partial charge in [0.25, 0.3) is 0 Å². The highest BCUT2D eigenvalue weighted by molar-refractivity contribution is 6.03. The molecule has 0 spiro atoms. The van der Waals surface area contributed by atoms with Crippen molar-refractivity contribution in [2.45, 2.75) is 39.0 Å². The number of aromatic nitrogens is 1. The number of ketones is 1. The van der Waals surface area contributed by atoms with Crippen molar-refractivity contribution in [2.75, 3.05) is 20.8 Å². The molecule has 0 saturated heterocycles. The summed E-state index contributed by atoms with van der Waals surface area (Å²) in [6, 6.07) is 5.71. The van der Waals surface area contributed by atoms with Crippen LogP contribution in [0.15, 0.2) is 18.2 Å². The maximum Gasteiger partial charge on any atom is 0.355 e. The Bertz CT molecular complexity index is 868. The van der Waals surface area contributed by atoms with Crippen molar-refractivity contribution in [2.24, 2.45) is 0 Å². The van der Waals surface area contributed by atoms with Gasteiger partial charge < -0.3 is 19.2 Å². The highest BCUT2D eigenvalue weighted by Crippen LogP contribution is 2.38. The Kier molecular flexibility index (Phi) is 5.54. The van der Waals surface area contributed by atoms with Crippen LogP contribution in [0.2, 0.25) is 0 Å². The van der Waals surface area contributed by atoms with Gasteiger partial charge in [-0.05, 0) is 48.9 Å². The first-order chi connectivity index (χ1) is 13.0. The number of fused-ring (bicyclic) bond motifs is 1. The van der Waals surface area contributed by atoms with Gasteiger partial charge in [-0.25, -0.2) is 4.79 Å². The number of aromatic amines is 1. The van der Waals surface area contributed by atoms with Gasteiger partial charge in [0.2, 0.25) is 0 Å². The number of carbonyl (C=O) groups excluding carboxylic acids is 2. The second kappa shape index (κ2) is 7.86. The van der Waals surface area contributed by atoms with Gasteiger partial charge in [0.05, 0.1) is 20.8 Å². The monoisotopic (exact) mass is 371 g/mol. The summed E-state index contributed by atoms with van der Waals surface area (Å²) < 4.78 is 15.9. The number of methoxy groups -OCH3 is 2. The zero-order valence-corrected chi connectivity index (χ0v) is 16.2. The van der Waals surface area contributed by atoms with Crippen LogP contribution in [-0.4, -0.2) is 37.6 Å². The lowest BCUT2D eigenvalue weighted by Crippen LogP contribution is -2.18. The van der Waals surface area contributed by atoms with Crippen molar-refractivity contribution < 1.29 is 23.8 Å². The number of esters is 1. The molecule has 0 amide bonds. The number of hydrogen-bond acceptors (Lipinski definition) is 5. The molecule has 0 radical (unpaired) electrons. The molecule has 1 aliphatic rings. The fourth-order valence-corrected chi connectivity index (χ4v) is 3.65. The van der Waals surface area contributed by atoms with Crippen LogP contribution in [0.25, 0.3) is 0 Å². The van der Waals surface area contributed by atoms with Gasteiger partial charge in [-0.15, -0.1) is 0 Å². The number of carbonyl (C=O) groups is 2.